The van der Waals surface area contributed by atoms with E-state index in [1.165, 1.54) is 7.11 Å². The summed E-state index contributed by atoms with van der Waals surface area (Å²) in [5.41, 5.74) is 0.980. The number of nitrogens with one attached hydrogen (secondary N) is 1. The van der Waals surface area contributed by atoms with Gasteiger partial charge in [0.2, 0.25) is 0 Å². The van der Waals surface area contributed by atoms with Crippen LogP contribution in [0.5, 0.6) is 0 Å². The Morgan fingerprint density at radius 3 is 2.57 bits per heavy atom. The molecule has 0 bridgehead atoms. The van der Waals surface area contributed by atoms with Gasteiger partial charge in [0.05, 0.1) is 19.4 Å². The number of carbonyl (C=O) groups excluding carboxylic acids is 2. The quantitative estimate of drug-likeness (QED) is 0.780. The lowest BCUT2D eigenvalue weighted by atomic mass is 10.0. The highest BCUT2D eigenvalue weighted by Crippen LogP contribution is 2.27. The Hall–Kier alpha value is -1.63. The van der Waals surface area contributed by atoms with Gasteiger partial charge >= 0.3 is 11.9 Å². The van der Waals surface area contributed by atoms with Gasteiger partial charge in [-0.1, -0.05) is 13.8 Å². The van der Waals surface area contributed by atoms with Crippen LogP contribution in [-0.4, -0.2) is 36.1 Å². The molecule has 0 aromatic carbocycles. The van der Waals surface area contributed by atoms with Crippen molar-refractivity contribution in [2.75, 3.05) is 19.0 Å². The summed E-state index contributed by atoms with van der Waals surface area (Å²) < 4.78 is 14.0. The lowest BCUT2D eigenvalue weighted by Gasteiger charge is -2.18. The van der Waals surface area contributed by atoms with E-state index in [1.807, 2.05) is 13.8 Å². The van der Waals surface area contributed by atoms with Gasteiger partial charge in [0.15, 0.2) is 0 Å². The zero-order valence-corrected chi connectivity index (χ0v) is 13.9. The zero-order chi connectivity index (χ0) is 16.0. The Bertz CT molecular complexity index is 499. The molecule has 1 aromatic rings. The first-order valence-electron chi connectivity index (χ1n) is 6.88. The molecule has 0 fully saturated rings. The largest absolute Gasteiger partial charge is 0.467 e. The third-order valence-corrected chi connectivity index (χ3v) is 3.71. The van der Waals surface area contributed by atoms with Gasteiger partial charge in [-0.3, -0.25) is 0 Å². The highest BCUT2D eigenvalue weighted by molar-refractivity contribution is 7.10. The van der Waals surface area contributed by atoms with E-state index in [-0.39, 0.29) is 5.97 Å². The number of rotatable bonds is 7. The van der Waals surface area contributed by atoms with Crippen molar-refractivity contribution in [1.29, 1.82) is 0 Å². The van der Waals surface area contributed by atoms with Crippen LogP contribution >= 0.6 is 11.5 Å². The van der Waals surface area contributed by atoms with Crippen molar-refractivity contribution >= 4 is 28.5 Å². The minimum Gasteiger partial charge on any atom is -0.467 e. The SMILES string of the molecule is CCOC(=O)c1c(C)nsc1NC(CC(C)C)C(=O)OC. The molecule has 0 saturated carbocycles. The van der Waals surface area contributed by atoms with Crippen molar-refractivity contribution in [2.45, 2.75) is 40.2 Å². The second-order valence-corrected chi connectivity index (χ2v) is 5.82. The molecule has 1 N–H and O–H groups in total. The fourth-order valence-corrected chi connectivity index (χ4v) is 2.73. The predicted molar refractivity (Wildman–Crippen MR) is 81.7 cm³/mol. The molecule has 21 heavy (non-hydrogen) atoms. The molecule has 0 aliphatic carbocycles. The summed E-state index contributed by atoms with van der Waals surface area (Å²) in [6, 6.07) is -0.511. The first-order valence-corrected chi connectivity index (χ1v) is 7.65. The van der Waals surface area contributed by atoms with Crippen LogP contribution in [-0.2, 0) is 14.3 Å². The molecule has 1 heterocycles. The standard InChI is InChI=1S/C14H22N2O4S/c1-6-20-14(18)11-9(4)16-21-12(11)15-10(7-8(2)3)13(17)19-5/h8,10,15H,6-7H2,1-5H3. The van der Waals surface area contributed by atoms with E-state index in [0.717, 1.165) is 11.5 Å². The highest BCUT2D eigenvalue weighted by Gasteiger charge is 2.26. The fraction of sp³-hybridized carbons (Fsp3) is 0.643. The van der Waals surface area contributed by atoms with Crippen molar-refractivity contribution in [1.82, 2.24) is 4.37 Å². The highest BCUT2D eigenvalue weighted by atomic mass is 32.1. The van der Waals surface area contributed by atoms with E-state index in [4.69, 9.17) is 9.47 Å². The summed E-state index contributed by atoms with van der Waals surface area (Å²) in [6.07, 6.45) is 0.603. The smallest absolute Gasteiger partial charge is 0.343 e. The van der Waals surface area contributed by atoms with Crippen LogP contribution in [0.3, 0.4) is 0 Å². The minimum absolute atomic E-state index is 0.292. The normalized spacial score (nSPS) is 12.1. The maximum Gasteiger partial charge on any atom is 0.343 e. The maximum absolute atomic E-state index is 12.0. The van der Waals surface area contributed by atoms with E-state index in [9.17, 15) is 9.59 Å². The number of hydrogen-bond acceptors (Lipinski definition) is 7. The van der Waals surface area contributed by atoms with E-state index < -0.39 is 12.0 Å². The van der Waals surface area contributed by atoms with Crippen LogP contribution in [0.2, 0.25) is 0 Å². The minimum atomic E-state index is -0.511. The lowest BCUT2D eigenvalue weighted by molar-refractivity contribution is -0.141. The molecule has 0 spiro atoms. The topological polar surface area (TPSA) is 77.5 Å². The van der Waals surface area contributed by atoms with Crippen LogP contribution < -0.4 is 5.32 Å². The van der Waals surface area contributed by atoms with Crippen LogP contribution in [0, 0.1) is 12.8 Å². The van der Waals surface area contributed by atoms with Gasteiger partial charge in [-0.05, 0) is 37.7 Å². The van der Waals surface area contributed by atoms with E-state index in [0.29, 0.717) is 35.2 Å². The van der Waals surface area contributed by atoms with Crippen molar-refractivity contribution in [3.63, 3.8) is 0 Å². The summed E-state index contributed by atoms with van der Waals surface area (Å²) in [5.74, 6) is -0.481. The molecule has 118 valence electrons. The van der Waals surface area contributed by atoms with E-state index >= 15 is 0 Å². The fourth-order valence-electron chi connectivity index (χ4n) is 1.90. The summed E-state index contributed by atoms with van der Waals surface area (Å²) in [4.78, 5) is 23.8. The van der Waals surface area contributed by atoms with Gasteiger partial charge in [-0.2, -0.15) is 4.37 Å². The van der Waals surface area contributed by atoms with E-state index in [2.05, 4.69) is 9.69 Å². The number of methoxy groups -OCH3 is 1. The Balaban J connectivity index is 2.98. The van der Waals surface area contributed by atoms with Crippen molar-refractivity contribution < 1.29 is 19.1 Å². The molecule has 7 heteroatoms. The van der Waals surface area contributed by atoms with Gasteiger partial charge < -0.3 is 14.8 Å². The summed E-state index contributed by atoms with van der Waals surface area (Å²) in [7, 11) is 1.35. The van der Waals surface area contributed by atoms with Gasteiger partial charge in [0, 0.05) is 0 Å². The van der Waals surface area contributed by atoms with Crippen LogP contribution in [0.1, 0.15) is 43.2 Å². The van der Waals surface area contributed by atoms with Crippen LogP contribution in [0.15, 0.2) is 0 Å². The number of esters is 2. The van der Waals surface area contributed by atoms with E-state index in [1.54, 1.807) is 13.8 Å². The number of hydrogen-bond donors (Lipinski definition) is 1. The molecule has 1 unspecified atom stereocenters. The Labute approximate surface area is 129 Å². The van der Waals surface area contributed by atoms with Crippen LogP contribution in [0.4, 0.5) is 5.00 Å². The second kappa shape index (κ2) is 7.97. The van der Waals surface area contributed by atoms with Gasteiger partial charge in [-0.15, -0.1) is 0 Å². The number of nitrogens with zero attached hydrogens (tertiary/aromatic N) is 1. The summed E-state index contributed by atoms with van der Waals surface area (Å²) in [5, 5.41) is 3.61. The maximum atomic E-state index is 12.0. The molecule has 0 aliphatic rings. The third-order valence-electron chi connectivity index (χ3n) is 2.84. The molecular formula is C14H22N2O4S. The second-order valence-electron chi connectivity index (χ2n) is 5.04. The average molecular weight is 314 g/mol. The van der Waals surface area contributed by atoms with Gasteiger partial charge in [0.25, 0.3) is 0 Å². The molecule has 0 saturated heterocycles. The number of carbonyl (C=O) groups is 2. The Morgan fingerprint density at radius 1 is 1.38 bits per heavy atom. The van der Waals surface area contributed by atoms with Crippen molar-refractivity contribution in [2.24, 2.45) is 5.92 Å². The third kappa shape index (κ3) is 4.70. The zero-order valence-electron chi connectivity index (χ0n) is 13.1. The van der Waals surface area contributed by atoms with Gasteiger partial charge in [0.1, 0.15) is 16.6 Å². The number of anilines is 1. The summed E-state index contributed by atoms with van der Waals surface area (Å²) in [6.45, 7) is 7.81. The molecule has 0 aliphatic heterocycles. The Kier molecular flexibility index (Phi) is 6.61. The van der Waals surface area contributed by atoms with Crippen molar-refractivity contribution in [3.05, 3.63) is 11.3 Å². The number of ether oxygens (including phenoxy) is 2. The molecule has 1 rings (SSSR count). The molecule has 1 aromatic heterocycles. The molecule has 6 nitrogen and oxygen atoms in total. The number of aryl methyl sites for hydroxylation is 1. The predicted octanol–water partition coefficient (Wildman–Crippen LogP) is 2.63. The molecular weight excluding hydrogens is 292 g/mol. The molecule has 0 amide bonds. The van der Waals surface area contributed by atoms with Crippen LogP contribution in [0.25, 0.3) is 0 Å². The number of aromatic nitrogens is 1. The molecule has 1 atom stereocenters. The van der Waals surface area contributed by atoms with Crippen molar-refractivity contribution in [3.8, 4) is 0 Å². The lowest BCUT2D eigenvalue weighted by Crippen LogP contribution is -2.32. The summed E-state index contributed by atoms with van der Waals surface area (Å²) >= 11 is 1.14. The Morgan fingerprint density at radius 2 is 2.05 bits per heavy atom. The molecule has 0 radical (unpaired) electrons. The first-order chi connectivity index (χ1) is 9.90. The van der Waals surface area contributed by atoms with Gasteiger partial charge in [-0.25, -0.2) is 9.59 Å². The monoisotopic (exact) mass is 314 g/mol. The first kappa shape index (κ1) is 17.4. The average Bonchev–Trinajstić information content (AvgIpc) is 2.78.